The van der Waals surface area contributed by atoms with Crippen molar-refractivity contribution in [2.75, 3.05) is 57.3 Å². The van der Waals surface area contributed by atoms with Crippen LogP contribution < -0.4 is 20.1 Å². The number of anilines is 2. The summed E-state index contributed by atoms with van der Waals surface area (Å²) >= 11 is 3.65. The van der Waals surface area contributed by atoms with E-state index >= 15 is 0 Å². The van der Waals surface area contributed by atoms with Crippen LogP contribution in [0.15, 0.2) is 96.0 Å². The second-order valence-corrected chi connectivity index (χ2v) is 18.1. The van der Waals surface area contributed by atoms with Gasteiger partial charge in [-0.2, -0.15) is 0 Å². The lowest BCUT2D eigenvalue weighted by Crippen LogP contribution is -2.22. The van der Waals surface area contributed by atoms with Gasteiger partial charge in [0.25, 0.3) is 0 Å². The van der Waals surface area contributed by atoms with E-state index in [0.717, 1.165) is 137 Å². The highest BCUT2D eigenvalue weighted by Crippen LogP contribution is 2.35. The molecular weight excluding hydrogens is 916 g/mol. The van der Waals surface area contributed by atoms with Crippen LogP contribution in [-0.2, 0) is 9.47 Å². The summed E-state index contributed by atoms with van der Waals surface area (Å²) in [5.41, 5.74) is 10.8. The number of hydrogen-bond donors (Lipinski definition) is 2. The molecule has 2 aliphatic heterocycles. The van der Waals surface area contributed by atoms with Crippen LogP contribution in [0, 0.1) is 31.5 Å². The van der Waals surface area contributed by atoms with Crippen molar-refractivity contribution in [1.82, 2.24) is 19.1 Å². The number of halogens is 2. The van der Waals surface area contributed by atoms with Crippen LogP contribution in [0.4, 0.5) is 15.8 Å². The second-order valence-electron chi connectivity index (χ2n) is 17.2. The number of ether oxygens (including phenoxy) is 4. The largest absolute Gasteiger partial charge is 0.494 e. The third kappa shape index (κ3) is 11.0. The van der Waals surface area contributed by atoms with Crippen molar-refractivity contribution in [3.05, 3.63) is 124 Å². The molecule has 2 saturated heterocycles. The van der Waals surface area contributed by atoms with Gasteiger partial charge in [-0.3, -0.25) is 18.7 Å². The molecule has 0 bridgehead atoms. The normalized spacial score (nSPS) is 14.4. The number of hydrogen-bond acceptors (Lipinski definition) is 10. The maximum atomic E-state index is 14.3. The first kappa shape index (κ1) is 47.4. The van der Waals surface area contributed by atoms with E-state index in [1.54, 1.807) is 18.5 Å². The Kier molecular flexibility index (Phi) is 15.3. The van der Waals surface area contributed by atoms with Crippen molar-refractivity contribution in [1.29, 1.82) is 0 Å². The number of imidazole rings is 2. The zero-order valence-electron chi connectivity index (χ0n) is 38.8. The summed E-state index contributed by atoms with van der Waals surface area (Å²) in [7, 11) is 1.43. The van der Waals surface area contributed by atoms with Gasteiger partial charge in [0.1, 0.15) is 35.2 Å². The van der Waals surface area contributed by atoms with Crippen LogP contribution in [-0.4, -0.2) is 77.3 Å². The van der Waals surface area contributed by atoms with E-state index < -0.39 is 5.82 Å². The number of fused-ring (bicyclic) bond motifs is 2. The molecular formula is C53H58BrFN6O6. The quantitative estimate of drug-likeness (QED) is 0.0958. The molecule has 14 heteroatoms. The molecule has 12 nitrogen and oxygen atoms in total. The predicted molar refractivity (Wildman–Crippen MR) is 266 cm³/mol. The molecule has 2 fully saturated rings. The van der Waals surface area contributed by atoms with Gasteiger partial charge >= 0.3 is 0 Å². The molecule has 9 rings (SSSR count). The van der Waals surface area contributed by atoms with Crippen LogP contribution in [0.1, 0.15) is 84.2 Å². The van der Waals surface area contributed by atoms with E-state index in [1.165, 1.54) is 13.2 Å². The second kappa shape index (κ2) is 21.7. The number of benzene rings is 5. The number of Topliss-reactive ketones (excluding diaryl/α,β-unsaturated/α-hetero) is 2. The first-order chi connectivity index (χ1) is 32.5. The summed E-state index contributed by atoms with van der Waals surface area (Å²) in [5.74, 6) is 2.00. The van der Waals surface area contributed by atoms with Crippen molar-refractivity contribution < 1.29 is 32.9 Å². The molecule has 0 saturated carbocycles. The highest BCUT2D eigenvalue weighted by molar-refractivity contribution is 9.10. The Morgan fingerprint density at radius 2 is 1.19 bits per heavy atom. The number of rotatable bonds is 15. The number of nitrogens with zero attached hydrogens (tertiary/aromatic N) is 4. The number of carbonyl (C=O) groups is 2. The smallest absolute Gasteiger partial charge is 0.168 e. The molecule has 0 atom stereocenters. The predicted octanol–water partition coefficient (Wildman–Crippen LogP) is 12.2. The van der Waals surface area contributed by atoms with Gasteiger partial charge in [-0.05, 0) is 123 Å². The van der Waals surface area contributed by atoms with Gasteiger partial charge in [0, 0.05) is 97.5 Å². The average molecular weight is 974 g/mol. The summed E-state index contributed by atoms with van der Waals surface area (Å²) in [4.78, 5) is 33.8. The Bertz CT molecular complexity index is 2880. The third-order valence-electron chi connectivity index (χ3n) is 12.7. The molecule has 0 spiro atoms. The molecule has 67 heavy (non-hydrogen) atoms. The number of carbonyl (C=O) groups excluding carboxylic acids is 2. The van der Waals surface area contributed by atoms with Crippen LogP contribution >= 0.6 is 15.9 Å². The standard InChI is InChI=1S/C30H32FN3O4.C23H26BrN3O2/c1-4-28(35)24-7-5-21(13-19(24)2)34-18-33-30-26(32-17-20-9-11-37-12-10-20)15-23(16-27(30)34)38-22-6-8-29(36-3)25(31)14-22;1-3-22(28)19-5-4-18(10-15(19)2)27-14-26-23-20(11-17(24)12-21(23)27)25-13-16-6-8-29-9-7-16/h5-8,13-16,18,20,32H,4,9-12,17H2,1-3H3;4-5,10-12,14,16,25H,3,6-9,13H2,1-2H3. The summed E-state index contributed by atoms with van der Waals surface area (Å²) in [6, 6.07) is 24.2. The highest BCUT2D eigenvalue weighted by Gasteiger charge is 2.20. The zero-order chi connectivity index (χ0) is 47.0. The van der Waals surface area contributed by atoms with E-state index in [0.29, 0.717) is 36.2 Å². The lowest BCUT2D eigenvalue weighted by molar-refractivity contribution is 0.0698. The molecule has 2 aromatic heterocycles. The van der Waals surface area contributed by atoms with Crippen LogP contribution in [0.3, 0.4) is 0 Å². The Hall–Kier alpha value is -6.09. The third-order valence-corrected chi connectivity index (χ3v) is 13.1. The lowest BCUT2D eigenvalue weighted by atomic mass is 10.0. The van der Waals surface area contributed by atoms with E-state index in [9.17, 15) is 14.0 Å². The SMILES string of the molecule is CCC(=O)c1ccc(-n2cnc3c(NCC4CCOCC4)cc(Br)cc32)cc1C.CCC(=O)c1ccc(-n2cnc3c(NCC4CCOCC4)cc(Oc4ccc(OC)c(F)c4)cc32)cc1C. The summed E-state index contributed by atoms with van der Waals surface area (Å²) in [6.45, 7) is 12.7. The molecule has 0 amide bonds. The van der Waals surface area contributed by atoms with Gasteiger partial charge < -0.3 is 29.6 Å². The fourth-order valence-electron chi connectivity index (χ4n) is 8.77. The maximum Gasteiger partial charge on any atom is 0.168 e. The number of nitrogens with one attached hydrogen (secondary N) is 2. The molecule has 2 N–H and O–H groups in total. The molecule has 0 unspecified atom stereocenters. The van der Waals surface area contributed by atoms with Crippen molar-refractivity contribution in [3.8, 4) is 28.6 Å². The molecule has 2 aliphatic rings. The fraction of sp³-hybridized carbons (Fsp3) is 0.358. The summed E-state index contributed by atoms with van der Waals surface area (Å²) < 4.78 is 41.5. The maximum absolute atomic E-state index is 14.3. The minimum atomic E-state index is -0.494. The summed E-state index contributed by atoms with van der Waals surface area (Å²) in [5, 5.41) is 7.17. The van der Waals surface area contributed by atoms with Gasteiger partial charge in [-0.25, -0.2) is 14.4 Å². The van der Waals surface area contributed by atoms with Gasteiger partial charge in [0.05, 0.1) is 29.5 Å². The molecule has 0 aliphatic carbocycles. The highest BCUT2D eigenvalue weighted by atomic mass is 79.9. The minimum absolute atomic E-state index is 0.117. The van der Waals surface area contributed by atoms with Crippen molar-refractivity contribution in [2.24, 2.45) is 11.8 Å². The number of methoxy groups -OCH3 is 1. The average Bonchev–Trinajstić information content (AvgIpc) is 3.98. The van der Waals surface area contributed by atoms with Crippen molar-refractivity contribution in [3.63, 3.8) is 0 Å². The van der Waals surface area contributed by atoms with Gasteiger partial charge in [0.2, 0.25) is 0 Å². The number of ketones is 2. The van der Waals surface area contributed by atoms with Crippen LogP contribution in [0.2, 0.25) is 0 Å². The molecule has 0 radical (unpaired) electrons. The van der Waals surface area contributed by atoms with Gasteiger partial charge in [-0.15, -0.1) is 0 Å². The van der Waals surface area contributed by atoms with Gasteiger partial charge in [0.15, 0.2) is 23.1 Å². The lowest BCUT2D eigenvalue weighted by Gasteiger charge is -2.23. The Morgan fingerprint density at radius 3 is 1.67 bits per heavy atom. The molecule has 4 heterocycles. The summed E-state index contributed by atoms with van der Waals surface area (Å²) in [6.07, 6.45) is 8.82. The first-order valence-electron chi connectivity index (χ1n) is 23.1. The first-order valence-corrected chi connectivity index (χ1v) is 23.9. The van der Waals surface area contributed by atoms with Crippen LogP contribution in [0.25, 0.3) is 33.4 Å². The molecule has 350 valence electrons. The van der Waals surface area contributed by atoms with Gasteiger partial charge in [-0.1, -0.05) is 29.8 Å². The Labute approximate surface area is 399 Å². The van der Waals surface area contributed by atoms with Crippen molar-refractivity contribution in [2.45, 2.75) is 66.2 Å². The minimum Gasteiger partial charge on any atom is -0.494 e. The number of aryl methyl sites for hydroxylation is 2. The molecule has 7 aromatic rings. The van der Waals surface area contributed by atoms with Crippen molar-refractivity contribution >= 4 is 60.9 Å². The topological polar surface area (TPSA) is 131 Å². The fourth-order valence-corrected chi connectivity index (χ4v) is 9.22. The van der Waals surface area contributed by atoms with Crippen LogP contribution in [0.5, 0.6) is 17.2 Å². The van der Waals surface area contributed by atoms with E-state index in [4.69, 9.17) is 28.9 Å². The Balaban J connectivity index is 0.000000188. The Morgan fingerprint density at radius 1 is 0.687 bits per heavy atom. The molecule has 5 aromatic carbocycles. The number of aromatic nitrogens is 4. The van der Waals surface area contributed by atoms with E-state index in [1.807, 2.05) is 81.1 Å². The monoisotopic (exact) mass is 972 g/mol. The van der Waals surface area contributed by atoms with E-state index in [2.05, 4.69) is 49.3 Å². The van der Waals surface area contributed by atoms with E-state index in [-0.39, 0.29) is 17.3 Å². The zero-order valence-corrected chi connectivity index (χ0v) is 40.4.